The Labute approximate surface area is 121 Å². The Morgan fingerprint density at radius 1 is 1.19 bits per heavy atom. The molecule has 5 heteroatoms. The van der Waals surface area contributed by atoms with E-state index < -0.39 is 0 Å². The number of carbonyl (C=O) groups excluding carboxylic acids is 1. The summed E-state index contributed by atoms with van der Waals surface area (Å²) < 4.78 is 3.44. The van der Waals surface area contributed by atoms with E-state index in [4.69, 9.17) is 0 Å². The number of aromatic nitrogens is 2. The molecule has 0 radical (unpaired) electrons. The van der Waals surface area contributed by atoms with Crippen molar-refractivity contribution in [3.05, 3.63) is 52.4 Å². The van der Waals surface area contributed by atoms with Gasteiger partial charge in [-0.05, 0) is 36.8 Å². The van der Waals surface area contributed by atoms with Crippen LogP contribution in [0.3, 0.4) is 0 Å². The summed E-state index contributed by atoms with van der Waals surface area (Å²) in [5.74, 6) is -0.112. The van der Waals surface area contributed by atoms with E-state index in [9.17, 15) is 9.59 Å². The molecule has 108 valence electrons. The second-order valence-electron chi connectivity index (χ2n) is 5.09. The van der Waals surface area contributed by atoms with E-state index in [1.807, 2.05) is 29.7 Å². The Kier molecular flexibility index (Phi) is 3.25. The lowest BCUT2D eigenvalue weighted by atomic mass is 10.1. The van der Waals surface area contributed by atoms with E-state index >= 15 is 0 Å². The molecule has 1 aromatic carbocycles. The van der Waals surface area contributed by atoms with Gasteiger partial charge in [0.05, 0.1) is 11.0 Å². The second kappa shape index (κ2) is 5.09. The lowest BCUT2D eigenvalue weighted by molar-refractivity contribution is 0.0954. The summed E-state index contributed by atoms with van der Waals surface area (Å²) in [6.45, 7) is 2.65. The molecule has 0 bridgehead atoms. The Bertz CT molecular complexity index is 890. The quantitative estimate of drug-likeness (QED) is 0.798. The topological polar surface area (TPSA) is 55.5 Å². The van der Waals surface area contributed by atoms with Gasteiger partial charge in [-0.25, -0.2) is 0 Å². The Morgan fingerprint density at radius 2 is 2.00 bits per heavy atom. The second-order valence-corrected chi connectivity index (χ2v) is 5.09. The molecule has 5 nitrogen and oxygen atoms in total. The SMILES string of the molecule is CCCNC(=O)c1ccc2c(c1)n(C)c(=O)c1cccn12. The number of benzene rings is 1. The lowest BCUT2D eigenvalue weighted by Gasteiger charge is -2.10. The van der Waals surface area contributed by atoms with Crippen LogP contribution in [-0.2, 0) is 7.05 Å². The monoisotopic (exact) mass is 283 g/mol. The van der Waals surface area contributed by atoms with E-state index in [-0.39, 0.29) is 11.5 Å². The first-order valence-electron chi connectivity index (χ1n) is 7.01. The molecule has 0 fully saturated rings. The van der Waals surface area contributed by atoms with Crippen LogP contribution in [0.2, 0.25) is 0 Å². The van der Waals surface area contributed by atoms with Gasteiger partial charge in [-0.15, -0.1) is 0 Å². The molecule has 0 unspecified atom stereocenters. The van der Waals surface area contributed by atoms with Gasteiger partial charge in [0.1, 0.15) is 5.52 Å². The minimum atomic E-state index is -0.112. The molecule has 1 N–H and O–H groups in total. The van der Waals surface area contributed by atoms with Crippen LogP contribution in [0.15, 0.2) is 41.3 Å². The highest BCUT2D eigenvalue weighted by Crippen LogP contribution is 2.16. The fourth-order valence-electron chi connectivity index (χ4n) is 2.52. The number of amides is 1. The summed E-state index contributed by atoms with van der Waals surface area (Å²) in [6.07, 6.45) is 2.75. The summed E-state index contributed by atoms with van der Waals surface area (Å²) in [5, 5.41) is 2.85. The smallest absolute Gasteiger partial charge is 0.275 e. The molecule has 3 rings (SSSR count). The van der Waals surface area contributed by atoms with E-state index in [2.05, 4.69) is 5.32 Å². The normalized spacial score (nSPS) is 11.1. The predicted octanol–water partition coefficient (Wildman–Crippen LogP) is 1.93. The van der Waals surface area contributed by atoms with Gasteiger partial charge in [0, 0.05) is 25.4 Å². The van der Waals surface area contributed by atoms with Crippen molar-refractivity contribution in [3.8, 4) is 0 Å². The molecule has 0 aliphatic rings. The van der Waals surface area contributed by atoms with Crippen LogP contribution in [0.5, 0.6) is 0 Å². The maximum absolute atomic E-state index is 12.3. The average Bonchev–Trinajstić information content (AvgIpc) is 2.99. The van der Waals surface area contributed by atoms with Crippen molar-refractivity contribution in [1.82, 2.24) is 14.3 Å². The number of fused-ring (bicyclic) bond motifs is 3. The summed E-state index contributed by atoms with van der Waals surface area (Å²) in [5.41, 5.74) is 2.78. The summed E-state index contributed by atoms with van der Waals surface area (Å²) in [7, 11) is 1.73. The van der Waals surface area contributed by atoms with Gasteiger partial charge in [-0.3, -0.25) is 9.59 Å². The fourth-order valence-corrected chi connectivity index (χ4v) is 2.52. The largest absolute Gasteiger partial charge is 0.352 e. The first kappa shape index (κ1) is 13.4. The van der Waals surface area contributed by atoms with Gasteiger partial charge in [-0.1, -0.05) is 6.92 Å². The molecule has 21 heavy (non-hydrogen) atoms. The Balaban J connectivity index is 2.22. The Hall–Kier alpha value is -2.56. The van der Waals surface area contributed by atoms with Crippen LogP contribution in [0, 0.1) is 0 Å². The molecule has 2 heterocycles. The van der Waals surface area contributed by atoms with Crippen molar-refractivity contribution in [2.24, 2.45) is 7.05 Å². The highest BCUT2D eigenvalue weighted by Gasteiger charge is 2.11. The molecule has 0 spiro atoms. The number of aryl methyl sites for hydroxylation is 1. The van der Waals surface area contributed by atoms with Gasteiger partial charge in [0.25, 0.3) is 11.5 Å². The number of rotatable bonds is 3. The minimum Gasteiger partial charge on any atom is -0.352 e. The molecule has 2 aromatic heterocycles. The molecule has 0 saturated carbocycles. The third-order valence-electron chi connectivity index (χ3n) is 3.67. The van der Waals surface area contributed by atoms with Gasteiger partial charge >= 0.3 is 0 Å². The van der Waals surface area contributed by atoms with Crippen LogP contribution in [0.25, 0.3) is 16.6 Å². The number of nitrogens with zero attached hydrogens (tertiary/aromatic N) is 2. The van der Waals surface area contributed by atoms with Crippen LogP contribution in [0.1, 0.15) is 23.7 Å². The van der Waals surface area contributed by atoms with Crippen molar-refractivity contribution < 1.29 is 4.79 Å². The predicted molar refractivity (Wildman–Crippen MR) is 82.8 cm³/mol. The van der Waals surface area contributed by atoms with Gasteiger partial charge in [0.2, 0.25) is 0 Å². The van der Waals surface area contributed by atoms with Crippen LogP contribution in [-0.4, -0.2) is 21.4 Å². The summed E-state index contributed by atoms with van der Waals surface area (Å²) in [6, 6.07) is 9.07. The third-order valence-corrected chi connectivity index (χ3v) is 3.67. The highest BCUT2D eigenvalue weighted by atomic mass is 16.1. The van der Waals surface area contributed by atoms with E-state index in [1.54, 1.807) is 29.8 Å². The Morgan fingerprint density at radius 3 is 2.76 bits per heavy atom. The molecule has 0 aliphatic heterocycles. The molecule has 0 atom stereocenters. The molecular weight excluding hydrogens is 266 g/mol. The molecule has 0 saturated heterocycles. The van der Waals surface area contributed by atoms with Gasteiger partial charge in [0.15, 0.2) is 0 Å². The number of nitrogens with one attached hydrogen (secondary N) is 1. The van der Waals surface area contributed by atoms with E-state index in [0.717, 1.165) is 17.5 Å². The number of hydrogen-bond donors (Lipinski definition) is 1. The molecule has 0 aliphatic carbocycles. The van der Waals surface area contributed by atoms with Crippen LogP contribution < -0.4 is 10.9 Å². The average molecular weight is 283 g/mol. The van der Waals surface area contributed by atoms with Crippen LogP contribution >= 0.6 is 0 Å². The summed E-state index contributed by atoms with van der Waals surface area (Å²) in [4.78, 5) is 24.3. The third kappa shape index (κ3) is 2.11. The summed E-state index contributed by atoms with van der Waals surface area (Å²) >= 11 is 0. The number of hydrogen-bond acceptors (Lipinski definition) is 2. The van der Waals surface area contributed by atoms with Gasteiger partial charge < -0.3 is 14.3 Å². The fraction of sp³-hybridized carbons (Fsp3) is 0.250. The zero-order valence-electron chi connectivity index (χ0n) is 12.1. The first-order valence-corrected chi connectivity index (χ1v) is 7.01. The van der Waals surface area contributed by atoms with Crippen molar-refractivity contribution >= 4 is 22.5 Å². The van der Waals surface area contributed by atoms with Crippen molar-refractivity contribution in [2.45, 2.75) is 13.3 Å². The van der Waals surface area contributed by atoms with Crippen molar-refractivity contribution in [2.75, 3.05) is 6.54 Å². The van der Waals surface area contributed by atoms with Gasteiger partial charge in [-0.2, -0.15) is 0 Å². The maximum atomic E-state index is 12.3. The number of carbonyl (C=O) groups is 1. The zero-order valence-corrected chi connectivity index (χ0v) is 12.1. The zero-order chi connectivity index (χ0) is 15.0. The molecule has 1 amide bonds. The lowest BCUT2D eigenvalue weighted by Crippen LogP contribution is -2.24. The first-order chi connectivity index (χ1) is 10.1. The maximum Gasteiger partial charge on any atom is 0.275 e. The minimum absolute atomic E-state index is 0.0707. The molecule has 3 aromatic rings. The van der Waals surface area contributed by atoms with Crippen LogP contribution in [0.4, 0.5) is 0 Å². The van der Waals surface area contributed by atoms with Crippen molar-refractivity contribution in [3.63, 3.8) is 0 Å². The van der Waals surface area contributed by atoms with E-state index in [1.165, 1.54) is 0 Å². The highest BCUT2D eigenvalue weighted by molar-refractivity contribution is 5.97. The van der Waals surface area contributed by atoms with Crippen molar-refractivity contribution in [1.29, 1.82) is 0 Å². The van der Waals surface area contributed by atoms with E-state index in [0.29, 0.717) is 17.6 Å². The standard InChI is InChI=1S/C16H17N3O2/c1-3-8-17-15(20)11-6-7-12-14(10-11)18(2)16(21)13-5-4-9-19(12)13/h4-7,9-10H,3,8H2,1-2H3,(H,17,20). The molecular formula is C16H17N3O2.